The monoisotopic (exact) mass is 523 g/mol. The Bertz CT molecular complexity index is 1080. The molecule has 38 heavy (non-hydrogen) atoms. The van der Waals surface area contributed by atoms with Crippen LogP contribution in [0.5, 0.6) is 0 Å². The lowest BCUT2D eigenvalue weighted by Gasteiger charge is -2.37. The van der Waals surface area contributed by atoms with Gasteiger partial charge in [0.05, 0.1) is 0 Å². The lowest BCUT2D eigenvalue weighted by Crippen LogP contribution is -2.55. The van der Waals surface area contributed by atoms with E-state index in [1.54, 1.807) is 25.7 Å². The second-order valence-electron chi connectivity index (χ2n) is 11.1. The molecular formula is C31H45N3O4. The Morgan fingerprint density at radius 2 is 1.63 bits per heavy atom. The highest BCUT2D eigenvalue weighted by atomic mass is 16.6. The summed E-state index contributed by atoms with van der Waals surface area (Å²) in [5.74, 6) is -0.580. The van der Waals surface area contributed by atoms with E-state index in [4.69, 9.17) is 4.74 Å². The molecule has 0 fully saturated rings. The van der Waals surface area contributed by atoms with E-state index >= 15 is 0 Å². The topological polar surface area (TPSA) is 87.7 Å². The number of unbranched alkanes of at least 4 members (excludes halogenated alkanes) is 1. The molecule has 2 aromatic rings. The second kappa shape index (κ2) is 14.0. The lowest BCUT2D eigenvalue weighted by molar-refractivity contribution is -0.144. The average molecular weight is 524 g/mol. The van der Waals surface area contributed by atoms with Crippen LogP contribution in [0.15, 0.2) is 48.5 Å². The fourth-order valence-corrected chi connectivity index (χ4v) is 4.22. The summed E-state index contributed by atoms with van der Waals surface area (Å²) in [7, 11) is 0. The number of nitrogens with zero attached hydrogens (tertiary/aromatic N) is 1. The van der Waals surface area contributed by atoms with Crippen LogP contribution in [-0.4, -0.2) is 47.0 Å². The number of carbonyl (C=O) groups is 3. The summed E-state index contributed by atoms with van der Waals surface area (Å²) in [6.45, 7) is 15.7. The van der Waals surface area contributed by atoms with Gasteiger partial charge >= 0.3 is 6.09 Å². The van der Waals surface area contributed by atoms with E-state index in [0.717, 1.165) is 35.1 Å². The third-order valence-corrected chi connectivity index (χ3v) is 6.29. The van der Waals surface area contributed by atoms with Crippen molar-refractivity contribution in [3.05, 3.63) is 70.8 Å². The maximum atomic E-state index is 14.3. The molecule has 2 aromatic carbocycles. The van der Waals surface area contributed by atoms with Crippen molar-refractivity contribution >= 4 is 17.9 Å². The van der Waals surface area contributed by atoms with Crippen LogP contribution in [0.4, 0.5) is 4.79 Å². The number of hydrogen-bond acceptors (Lipinski definition) is 4. The van der Waals surface area contributed by atoms with Gasteiger partial charge in [0.25, 0.3) is 0 Å². The summed E-state index contributed by atoms with van der Waals surface area (Å²) in [5.41, 5.74) is 3.05. The van der Waals surface area contributed by atoms with Gasteiger partial charge in [0.2, 0.25) is 11.8 Å². The molecule has 0 spiro atoms. The largest absolute Gasteiger partial charge is 0.444 e. The Morgan fingerprint density at radius 3 is 2.18 bits per heavy atom. The smallest absolute Gasteiger partial charge is 0.408 e. The van der Waals surface area contributed by atoms with Gasteiger partial charge in [-0.05, 0) is 77.1 Å². The molecule has 208 valence electrons. The van der Waals surface area contributed by atoms with Crippen LogP contribution in [0.25, 0.3) is 0 Å². The third kappa shape index (κ3) is 9.19. The Hall–Kier alpha value is -3.35. The van der Waals surface area contributed by atoms with Gasteiger partial charge in [-0.2, -0.15) is 0 Å². The lowest BCUT2D eigenvalue weighted by atomic mass is 9.96. The number of rotatable bonds is 11. The van der Waals surface area contributed by atoms with Crippen molar-refractivity contribution in [2.75, 3.05) is 6.54 Å². The molecule has 3 amide bonds. The quantitative estimate of drug-likeness (QED) is 0.374. The zero-order chi connectivity index (χ0) is 28.5. The van der Waals surface area contributed by atoms with Gasteiger partial charge in [-0.1, -0.05) is 61.9 Å². The van der Waals surface area contributed by atoms with E-state index < -0.39 is 23.8 Å². The minimum atomic E-state index is -0.924. The van der Waals surface area contributed by atoms with Crippen molar-refractivity contribution in [2.45, 2.75) is 98.4 Å². The van der Waals surface area contributed by atoms with Crippen molar-refractivity contribution in [3.8, 4) is 0 Å². The molecule has 0 aliphatic rings. The summed E-state index contributed by atoms with van der Waals surface area (Å²) in [6.07, 6.45) is 1.38. The molecule has 2 unspecified atom stereocenters. The zero-order valence-electron chi connectivity index (χ0n) is 24.3. The molecule has 0 radical (unpaired) electrons. The summed E-state index contributed by atoms with van der Waals surface area (Å²) in [4.78, 5) is 42.3. The highest BCUT2D eigenvalue weighted by molar-refractivity contribution is 5.92. The van der Waals surface area contributed by atoms with E-state index in [9.17, 15) is 14.4 Å². The van der Waals surface area contributed by atoms with Crippen molar-refractivity contribution in [1.82, 2.24) is 15.5 Å². The number of alkyl carbamates (subject to hydrolysis) is 1. The van der Waals surface area contributed by atoms with Crippen molar-refractivity contribution < 1.29 is 19.1 Å². The molecule has 2 rings (SSSR count). The van der Waals surface area contributed by atoms with Gasteiger partial charge in [0.1, 0.15) is 17.7 Å². The highest BCUT2D eigenvalue weighted by Crippen LogP contribution is 2.27. The Labute approximate surface area is 228 Å². The highest BCUT2D eigenvalue weighted by Gasteiger charge is 2.38. The number of aryl methyl sites for hydroxylation is 2. The molecule has 0 saturated heterocycles. The third-order valence-electron chi connectivity index (χ3n) is 6.29. The van der Waals surface area contributed by atoms with Gasteiger partial charge in [-0.15, -0.1) is 0 Å². The maximum absolute atomic E-state index is 14.3. The first kappa shape index (κ1) is 30.9. The molecule has 0 aliphatic carbocycles. The molecule has 0 heterocycles. The van der Waals surface area contributed by atoms with E-state index in [1.165, 1.54) is 0 Å². The first-order chi connectivity index (χ1) is 17.8. The molecule has 0 aliphatic heterocycles. The van der Waals surface area contributed by atoms with Crippen molar-refractivity contribution in [2.24, 2.45) is 0 Å². The van der Waals surface area contributed by atoms with Gasteiger partial charge in [0, 0.05) is 19.0 Å². The van der Waals surface area contributed by atoms with E-state index in [-0.39, 0.29) is 24.3 Å². The van der Waals surface area contributed by atoms with Crippen LogP contribution in [-0.2, 0) is 20.7 Å². The second-order valence-corrected chi connectivity index (χ2v) is 11.1. The molecular weight excluding hydrogens is 478 g/mol. The van der Waals surface area contributed by atoms with Crippen LogP contribution >= 0.6 is 0 Å². The van der Waals surface area contributed by atoms with E-state index in [0.29, 0.717) is 6.54 Å². The van der Waals surface area contributed by atoms with Crippen molar-refractivity contribution in [1.29, 1.82) is 0 Å². The maximum Gasteiger partial charge on any atom is 0.408 e. The van der Waals surface area contributed by atoms with E-state index in [2.05, 4.69) is 17.6 Å². The van der Waals surface area contributed by atoms with Gasteiger partial charge in [-0.3, -0.25) is 9.59 Å². The van der Waals surface area contributed by atoms with Crippen LogP contribution in [0.1, 0.15) is 82.7 Å². The molecule has 0 aromatic heterocycles. The Morgan fingerprint density at radius 1 is 0.974 bits per heavy atom. The standard InChI is InChI=1S/C31H45N3O4/c1-9-10-18-32-28(35)27(25-17-16-22(4)23(5)19-25)34(21(2)3)29(36)26(20-24-14-12-11-13-15-24)33-30(37)38-31(6,7)8/h11-17,19,21,26-27H,9-10,18,20H2,1-8H3,(H,32,35)(H,33,37). The number of benzene rings is 2. The number of amides is 3. The van der Waals surface area contributed by atoms with Gasteiger partial charge in [-0.25, -0.2) is 4.79 Å². The SMILES string of the molecule is CCCCNC(=O)C(c1ccc(C)c(C)c1)N(C(=O)C(Cc1ccccc1)NC(=O)OC(C)(C)C)C(C)C. The van der Waals surface area contributed by atoms with Gasteiger partial charge < -0.3 is 20.3 Å². The summed E-state index contributed by atoms with van der Waals surface area (Å²) < 4.78 is 5.48. The molecule has 2 atom stereocenters. The number of carbonyl (C=O) groups excluding carboxylic acids is 3. The Balaban J connectivity index is 2.53. The minimum absolute atomic E-state index is 0.237. The van der Waals surface area contributed by atoms with E-state index in [1.807, 2.05) is 76.2 Å². The number of hydrogen-bond donors (Lipinski definition) is 2. The summed E-state index contributed by atoms with van der Waals surface area (Å²) in [5, 5.41) is 5.81. The van der Waals surface area contributed by atoms with Crippen LogP contribution in [0, 0.1) is 13.8 Å². The average Bonchev–Trinajstić information content (AvgIpc) is 2.83. The molecule has 7 heteroatoms. The molecule has 0 saturated carbocycles. The molecule has 0 bridgehead atoms. The molecule has 7 nitrogen and oxygen atoms in total. The number of nitrogens with one attached hydrogen (secondary N) is 2. The first-order valence-electron chi connectivity index (χ1n) is 13.5. The molecule has 2 N–H and O–H groups in total. The minimum Gasteiger partial charge on any atom is -0.444 e. The van der Waals surface area contributed by atoms with Crippen molar-refractivity contribution in [3.63, 3.8) is 0 Å². The van der Waals surface area contributed by atoms with Crippen LogP contribution in [0.2, 0.25) is 0 Å². The van der Waals surface area contributed by atoms with Gasteiger partial charge in [0.15, 0.2) is 0 Å². The van der Waals surface area contributed by atoms with Crippen LogP contribution < -0.4 is 10.6 Å². The fraction of sp³-hybridized carbons (Fsp3) is 0.516. The van der Waals surface area contributed by atoms with Crippen LogP contribution in [0.3, 0.4) is 0 Å². The summed E-state index contributed by atoms with van der Waals surface area (Å²) >= 11 is 0. The fourth-order valence-electron chi connectivity index (χ4n) is 4.22. The predicted molar refractivity (Wildman–Crippen MR) is 152 cm³/mol. The number of ether oxygens (including phenoxy) is 1. The first-order valence-corrected chi connectivity index (χ1v) is 13.5. The Kier molecular flexibility index (Phi) is 11.4. The predicted octanol–water partition coefficient (Wildman–Crippen LogP) is 5.63. The zero-order valence-corrected chi connectivity index (χ0v) is 24.3. The summed E-state index contributed by atoms with van der Waals surface area (Å²) in [6, 6.07) is 13.3. The normalized spacial score (nSPS) is 13.0.